The Balaban J connectivity index is 1.68. The number of nitrogens with one attached hydrogen (secondary N) is 9. The number of thioether (sulfide) groups is 1. The summed E-state index contributed by atoms with van der Waals surface area (Å²) in [5.74, 6) is -6.63. The number of benzene rings is 1. The SMILES string of the molecule is CSCCC(NC(=O)[C@H](CC(C)C)NC(=O)C(Cc1cnc[nH]1)NC(=O)CNC(=O)C(NC(=O)[C@H](C)NC(=O)C(Cc1c[nH]c2ccccc12)NC(=O)[C@@H](C)CCC(N)=O)C(C)C)C(N)=O. The average Bonchev–Trinajstić information content (AvgIpc) is 3.93. The number of carbonyl (C=O) groups excluding carboxylic acids is 9. The number of aromatic amines is 2. The van der Waals surface area contributed by atoms with Gasteiger partial charge in [-0.3, -0.25) is 43.2 Å². The molecule has 21 nitrogen and oxygen atoms in total. The second kappa shape index (κ2) is 26.5. The summed E-state index contributed by atoms with van der Waals surface area (Å²) >= 11 is 1.48. The fourth-order valence-electron chi connectivity index (χ4n) is 6.84. The van der Waals surface area contributed by atoms with Crippen LogP contribution in [0.4, 0.5) is 0 Å². The molecule has 3 rings (SSSR count). The number of fused-ring (bicyclic) bond motifs is 1. The van der Waals surface area contributed by atoms with Crippen molar-refractivity contribution in [3.63, 3.8) is 0 Å². The fourth-order valence-corrected chi connectivity index (χ4v) is 7.31. The third-order valence-electron chi connectivity index (χ3n) is 10.7. The molecule has 2 heterocycles. The zero-order valence-corrected chi connectivity index (χ0v) is 39.4. The van der Waals surface area contributed by atoms with E-state index in [0.717, 1.165) is 16.5 Å². The van der Waals surface area contributed by atoms with Gasteiger partial charge in [-0.15, -0.1) is 0 Å². The lowest BCUT2D eigenvalue weighted by Gasteiger charge is -2.26. The smallest absolute Gasteiger partial charge is 0.243 e. The fraction of sp³-hybridized carbons (Fsp3) is 0.545. The van der Waals surface area contributed by atoms with E-state index in [2.05, 4.69) is 52.2 Å². The van der Waals surface area contributed by atoms with Crippen LogP contribution in [0.15, 0.2) is 43.0 Å². The van der Waals surface area contributed by atoms with Gasteiger partial charge in [0.05, 0.1) is 12.9 Å². The first-order valence-electron chi connectivity index (χ1n) is 21.9. The summed E-state index contributed by atoms with van der Waals surface area (Å²) in [5, 5.41) is 19.3. The number of primary amides is 2. The molecule has 0 saturated heterocycles. The van der Waals surface area contributed by atoms with Crippen LogP contribution in [0.5, 0.6) is 0 Å². The summed E-state index contributed by atoms with van der Waals surface area (Å²) in [7, 11) is 0. The van der Waals surface area contributed by atoms with Crippen LogP contribution in [0.25, 0.3) is 10.9 Å². The second-order valence-electron chi connectivity index (χ2n) is 17.0. The molecule has 4 unspecified atom stereocenters. The van der Waals surface area contributed by atoms with Gasteiger partial charge in [-0.25, -0.2) is 4.98 Å². The molecule has 1 aromatic carbocycles. The van der Waals surface area contributed by atoms with Crippen molar-refractivity contribution in [2.75, 3.05) is 18.6 Å². The lowest BCUT2D eigenvalue weighted by Crippen LogP contribution is -2.59. The highest BCUT2D eigenvalue weighted by atomic mass is 32.2. The highest BCUT2D eigenvalue weighted by Crippen LogP contribution is 2.20. The first kappa shape index (κ1) is 53.9. The molecule has 0 fully saturated rings. The van der Waals surface area contributed by atoms with E-state index in [1.807, 2.05) is 44.4 Å². The molecule has 7 atom stereocenters. The largest absolute Gasteiger partial charge is 0.370 e. The number of aromatic nitrogens is 3. The normalized spacial score (nSPS) is 14.4. The maximum Gasteiger partial charge on any atom is 0.243 e. The lowest BCUT2D eigenvalue weighted by atomic mass is 10.0. The molecule has 0 bridgehead atoms. The number of nitrogens with two attached hydrogens (primary N) is 2. The zero-order valence-electron chi connectivity index (χ0n) is 38.6. The Labute approximate surface area is 388 Å². The molecule has 0 aliphatic heterocycles. The minimum absolute atomic E-state index is 0.0226. The number of hydrogen-bond donors (Lipinski definition) is 11. The summed E-state index contributed by atoms with van der Waals surface area (Å²) < 4.78 is 0. The van der Waals surface area contributed by atoms with Crippen molar-refractivity contribution < 1.29 is 43.2 Å². The number of hydrogen-bond acceptors (Lipinski definition) is 11. The lowest BCUT2D eigenvalue weighted by molar-refractivity contribution is -0.135. The molecule has 3 aromatic rings. The van der Waals surface area contributed by atoms with Gasteiger partial charge in [0.15, 0.2) is 0 Å². The minimum atomic E-state index is -1.24. The maximum absolute atomic E-state index is 13.8. The van der Waals surface area contributed by atoms with Gasteiger partial charge in [0.25, 0.3) is 0 Å². The number of carbonyl (C=O) groups is 9. The molecular formula is C44H66N12O9S. The zero-order chi connectivity index (χ0) is 49.1. The third kappa shape index (κ3) is 17.5. The molecule has 0 saturated carbocycles. The van der Waals surface area contributed by atoms with Crippen molar-refractivity contribution in [1.29, 1.82) is 0 Å². The Bertz CT molecular complexity index is 2140. The number of para-hydroxylation sites is 1. The second-order valence-corrected chi connectivity index (χ2v) is 18.0. The molecule has 0 spiro atoms. The van der Waals surface area contributed by atoms with Crippen LogP contribution < -0.4 is 48.7 Å². The highest BCUT2D eigenvalue weighted by Gasteiger charge is 2.33. The van der Waals surface area contributed by atoms with Crippen molar-refractivity contribution in [3.05, 3.63) is 54.2 Å². The molecule has 13 N–H and O–H groups in total. The van der Waals surface area contributed by atoms with Crippen molar-refractivity contribution in [2.24, 2.45) is 29.2 Å². The number of rotatable bonds is 28. The van der Waals surface area contributed by atoms with Crippen molar-refractivity contribution in [3.8, 4) is 0 Å². The molecule has 362 valence electrons. The predicted octanol–water partition coefficient (Wildman–Crippen LogP) is -0.437. The topological polar surface area (TPSA) is 334 Å². The number of H-pyrrole nitrogens is 2. The molecule has 0 radical (unpaired) electrons. The van der Waals surface area contributed by atoms with Gasteiger partial charge in [0, 0.05) is 54.2 Å². The molecule has 2 aromatic heterocycles. The Morgan fingerprint density at radius 3 is 1.95 bits per heavy atom. The van der Waals surface area contributed by atoms with Gasteiger partial charge in [0.1, 0.15) is 36.3 Å². The predicted molar refractivity (Wildman–Crippen MR) is 249 cm³/mol. The van der Waals surface area contributed by atoms with Gasteiger partial charge in [-0.1, -0.05) is 52.8 Å². The summed E-state index contributed by atoms with van der Waals surface area (Å²) in [4.78, 5) is 128. The van der Waals surface area contributed by atoms with Gasteiger partial charge >= 0.3 is 0 Å². The van der Waals surface area contributed by atoms with Crippen LogP contribution in [-0.4, -0.2) is 123 Å². The third-order valence-corrected chi connectivity index (χ3v) is 11.3. The van der Waals surface area contributed by atoms with E-state index in [0.29, 0.717) is 17.9 Å². The summed E-state index contributed by atoms with van der Waals surface area (Å²) in [5.41, 5.74) is 12.8. The minimum Gasteiger partial charge on any atom is -0.370 e. The van der Waals surface area contributed by atoms with E-state index in [1.165, 1.54) is 31.2 Å². The van der Waals surface area contributed by atoms with Crippen molar-refractivity contribution in [2.45, 2.75) is 116 Å². The highest BCUT2D eigenvalue weighted by molar-refractivity contribution is 7.98. The van der Waals surface area contributed by atoms with Gasteiger partial charge < -0.3 is 58.7 Å². The van der Waals surface area contributed by atoms with Crippen LogP contribution in [-0.2, 0) is 56.0 Å². The Hall–Kier alpha value is -6.45. The van der Waals surface area contributed by atoms with E-state index in [4.69, 9.17) is 11.5 Å². The van der Waals surface area contributed by atoms with E-state index >= 15 is 0 Å². The van der Waals surface area contributed by atoms with Crippen molar-refractivity contribution >= 4 is 75.8 Å². The number of imidazole rings is 1. The number of nitrogens with zero attached hydrogens (tertiary/aromatic N) is 1. The van der Waals surface area contributed by atoms with E-state index in [1.54, 1.807) is 27.0 Å². The van der Waals surface area contributed by atoms with Gasteiger partial charge in [0.2, 0.25) is 53.2 Å². The Kier molecular flexibility index (Phi) is 21.6. The van der Waals surface area contributed by atoms with Gasteiger partial charge in [-0.05, 0) is 61.7 Å². The molecule has 9 amide bonds. The maximum atomic E-state index is 13.8. The molecule has 0 aliphatic carbocycles. The Morgan fingerprint density at radius 1 is 0.697 bits per heavy atom. The average molecular weight is 939 g/mol. The standard InChI is InChI=1S/C44H66N12O9S/c1-23(2)16-32(42(63)53-31(38(46)59)14-15-66-7)55-43(64)34(18-28-20-47-22-50-28)52-36(58)21-49-44(65)37(24(3)4)56-40(61)26(6)51-41(62)33(54-39(60)25(5)12-13-35(45)57)17-27-19-48-30-11-9-8-10-29(27)30/h8-11,19-20,22-26,31-34,37,48H,12-18,21H2,1-7H3,(H2,45,57)(H2,46,59)(H,47,50)(H,49,65)(H,51,62)(H,52,58)(H,53,63)(H,54,60)(H,55,64)(H,56,61)/t25-,26-,31?,32-,33?,34?,37?/m0/s1. The van der Waals surface area contributed by atoms with Crippen LogP contribution in [0.3, 0.4) is 0 Å². The quantitative estimate of drug-likeness (QED) is 0.0444. The monoisotopic (exact) mass is 938 g/mol. The van der Waals surface area contributed by atoms with Crippen molar-refractivity contribution in [1.82, 2.24) is 52.2 Å². The summed E-state index contributed by atoms with van der Waals surface area (Å²) in [6.45, 7) is 9.47. The molecule has 22 heteroatoms. The van der Waals surface area contributed by atoms with E-state index < -0.39 is 108 Å². The molecule has 0 aliphatic rings. The van der Waals surface area contributed by atoms with Crippen LogP contribution in [0, 0.1) is 17.8 Å². The first-order chi connectivity index (χ1) is 31.2. The summed E-state index contributed by atoms with van der Waals surface area (Å²) in [6, 6.07) is 0.656. The van der Waals surface area contributed by atoms with E-state index in [9.17, 15) is 43.2 Å². The summed E-state index contributed by atoms with van der Waals surface area (Å²) in [6.07, 6.45) is 7.08. The molecule has 66 heavy (non-hydrogen) atoms. The van der Waals surface area contributed by atoms with E-state index in [-0.39, 0.29) is 38.0 Å². The van der Waals surface area contributed by atoms with Crippen LogP contribution >= 0.6 is 11.8 Å². The molecular weight excluding hydrogens is 873 g/mol. The van der Waals surface area contributed by atoms with Crippen LogP contribution in [0.2, 0.25) is 0 Å². The first-order valence-corrected chi connectivity index (χ1v) is 23.3. The van der Waals surface area contributed by atoms with Gasteiger partial charge in [-0.2, -0.15) is 11.8 Å². The Morgan fingerprint density at radius 2 is 1.33 bits per heavy atom. The van der Waals surface area contributed by atoms with Crippen LogP contribution in [0.1, 0.15) is 78.5 Å². The number of amides is 9.